The summed E-state index contributed by atoms with van der Waals surface area (Å²) in [6.07, 6.45) is 0.0874. The van der Waals surface area contributed by atoms with Crippen LogP contribution in [0, 0.1) is 0 Å². The number of nitrogens with one attached hydrogen (secondary N) is 2. The van der Waals surface area contributed by atoms with Crippen LogP contribution in [0.15, 0.2) is 29.6 Å². The summed E-state index contributed by atoms with van der Waals surface area (Å²) < 4.78 is 5.51. The Morgan fingerprint density at radius 3 is 2.50 bits per heavy atom. The van der Waals surface area contributed by atoms with Crippen LogP contribution in [0.3, 0.4) is 0 Å². The number of anilines is 2. The predicted octanol–water partition coefficient (Wildman–Crippen LogP) is 2.42. The topological polar surface area (TPSA) is 104 Å². The first kappa shape index (κ1) is 21.6. The fourth-order valence-electron chi connectivity index (χ4n) is 3.05. The smallest absolute Gasteiger partial charge is 0.323 e. The standard InChI is InChI=1S/C20H25N5O4S/c1-3-29-17-7-5-4-6-16(17)22-18(27)12-15-13-30-19(21-15)23-20(28)25-10-8-24(9-11-25)14(2)26/h4-7,13H,3,8-12H2,1-2H3,(H,22,27)(H,21,23,28). The van der Waals surface area contributed by atoms with Crippen LogP contribution < -0.4 is 15.4 Å². The Kier molecular flexibility index (Phi) is 7.23. The molecule has 0 bridgehead atoms. The zero-order valence-corrected chi connectivity index (χ0v) is 17.8. The van der Waals surface area contributed by atoms with Gasteiger partial charge < -0.3 is 19.9 Å². The summed E-state index contributed by atoms with van der Waals surface area (Å²) in [4.78, 5) is 43.9. The third-order valence-electron chi connectivity index (χ3n) is 4.58. The summed E-state index contributed by atoms with van der Waals surface area (Å²) in [6, 6.07) is 6.99. The molecule has 1 fully saturated rings. The zero-order valence-electron chi connectivity index (χ0n) is 17.0. The minimum absolute atomic E-state index is 0.0155. The molecule has 160 valence electrons. The van der Waals surface area contributed by atoms with Crippen LogP contribution in [-0.4, -0.2) is 65.4 Å². The largest absolute Gasteiger partial charge is 0.492 e. The molecule has 1 saturated heterocycles. The molecule has 10 heteroatoms. The number of benzene rings is 1. The summed E-state index contributed by atoms with van der Waals surface area (Å²) >= 11 is 1.27. The Morgan fingerprint density at radius 1 is 1.10 bits per heavy atom. The van der Waals surface area contributed by atoms with Gasteiger partial charge in [0.25, 0.3) is 0 Å². The summed E-state index contributed by atoms with van der Waals surface area (Å²) in [5, 5.41) is 7.78. The molecule has 0 aliphatic carbocycles. The minimum atomic E-state index is -0.255. The molecule has 2 N–H and O–H groups in total. The van der Waals surface area contributed by atoms with Gasteiger partial charge in [0, 0.05) is 38.5 Å². The number of urea groups is 1. The van der Waals surface area contributed by atoms with Gasteiger partial charge in [0.15, 0.2) is 5.13 Å². The first-order valence-corrected chi connectivity index (χ1v) is 10.6. The number of rotatable bonds is 6. The molecule has 0 atom stereocenters. The summed E-state index contributed by atoms with van der Waals surface area (Å²) in [7, 11) is 0. The zero-order chi connectivity index (χ0) is 21.5. The van der Waals surface area contributed by atoms with Crippen LogP contribution in [0.5, 0.6) is 5.75 Å². The van der Waals surface area contributed by atoms with Gasteiger partial charge in [-0.3, -0.25) is 14.9 Å². The molecule has 1 aliphatic heterocycles. The molecule has 0 radical (unpaired) electrons. The normalized spacial score (nSPS) is 13.7. The number of amides is 4. The highest BCUT2D eigenvalue weighted by atomic mass is 32.1. The van der Waals surface area contributed by atoms with E-state index in [1.807, 2.05) is 19.1 Å². The second kappa shape index (κ2) is 10.1. The monoisotopic (exact) mass is 431 g/mol. The van der Waals surface area contributed by atoms with Crippen LogP contribution in [0.4, 0.5) is 15.6 Å². The van der Waals surface area contributed by atoms with Crippen LogP contribution >= 0.6 is 11.3 Å². The van der Waals surface area contributed by atoms with Crippen LogP contribution in [0.2, 0.25) is 0 Å². The van der Waals surface area contributed by atoms with E-state index in [0.717, 1.165) is 0 Å². The highest BCUT2D eigenvalue weighted by molar-refractivity contribution is 7.13. The predicted molar refractivity (Wildman–Crippen MR) is 115 cm³/mol. The van der Waals surface area contributed by atoms with Gasteiger partial charge in [0.1, 0.15) is 5.75 Å². The highest BCUT2D eigenvalue weighted by Gasteiger charge is 2.23. The molecule has 30 heavy (non-hydrogen) atoms. The number of carbonyl (C=O) groups excluding carboxylic acids is 3. The number of piperazine rings is 1. The van der Waals surface area contributed by atoms with E-state index in [4.69, 9.17) is 4.74 Å². The van der Waals surface area contributed by atoms with Crippen molar-refractivity contribution in [1.82, 2.24) is 14.8 Å². The van der Waals surface area contributed by atoms with Crippen molar-refractivity contribution < 1.29 is 19.1 Å². The molecule has 9 nitrogen and oxygen atoms in total. The van der Waals surface area contributed by atoms with E-state index in [2.05, 4.69) is 15.6 Å². The van der Waals surface area contributed by atoms with Crippen molar-refractivity contribution >= 4 is 40.0 Å². The third-order valence-corrected chi connectivity index (χ3v) is 5.39. The van der Waals surface area contributed by atoms with E-state index in [1.165, 1.54) is 18.3 Å². The average molecular weight is 432 g/mol. The molecular weight excluding hydrogens is 406 g/mol. The maximum absolute atomic E-state index is 12.4. The molecule has 0 saturated carbocycles. The fourth-order valence-corrected chi connectivity index (χ4v) is 3.75. The molecule has 0 unspecified atom stereocenters. The number of ether oxygens (including phenoxy) is 1. The third kappa shape index (κ3) is 5.69. The van der Waals surface area contributed by atoms with Gasteiger partial charge in [0.2, 0.25) is 11.8 Å². The molecule has 0 spiro atoms. The number of hydrogen-bond acceptors (Lipinski definition) is 6. The Bertz CT molecular complexity index is 908. The molecule has 2 aromatic rings. The van der Waals surface area contributed by atoms with E-state index < -0.39 is 0 Å². The lowest BCUT2D eigenvalue weighted by Crippen LogP contribution is -2.51. The summed E-state index contributed by atoms with van der Waals surface area (Å²) in [5.41, 5.74) is 1.18. The Balaban J connectivity index is 1.51. The van der Waals surface area contributed by atoms with Crippen molar-refractivity contribution in [2.75, 3.05) is 43.4 Å². The second-order valence-corrected chi connectivity index (χ2v) is 7.58. The fraction of sp³-hybridized carbons (Fsp3) is 0.400. The van der Waals surface area contributed by atoms with Crippen LogP contribution in [0.25, 0.3) is 0 Å². The average Bonchev–Trinajstić information content (AvgIpc) is 3.16. The van der Waals surface area contributed by atoms with Crippen LogP contribution in [0.1, 0.15) is 19.5 Å². The first-order chi connectivity index (χ1) is 14.5. The van der Waals surface area contributed by atoms with Gasteiger partial charge in [-0.05, 0) is 19.1 Å². The van der Waals surface area contributed by atoms with Crippen LogP contribution in [-0.2, 0) is 16.0 Å². The maximum Gasteiger partial charge on any atom is 0.323 e. The van der Waals surface area contributed by atoms with E-state index in [1.54, 1.807) is 27.3 Å². The van der Waals surface area contributed by atoms with Gasteiger partial charge in [0.05, 0.1) is 24.4 Å². The van der Waals surface area contributed by atoms with E-state index >= 15 is 0 Å². The van der Waals surface area contributed by atoms with Crippen molar-refractivity contribution in [3.8, 4) is 5.75 Å². The van der Waals surface area contributed by atoms with E-state index in [-0.39, 0.29) is 24.3 Å². The van der Waals surface area contributed by atoms with Crippen molar-refractivity contribution in [2.24, 2.45) is 0 Å². The first-order valence-electron chi connectivity index (χ1n) is 9.73. The highest BCUT2D eigenvalue weighted by Crippen LogP contribution is 2.24. The SMILES string of the molecule is CCOc1ccccc1NC(=O)Cc1csc(NC(=O)N2CCN(C(C)=O)CC2)n1. The Hall–Kier alpha value is -3.14. The quantitative estimate of drug-likeness (QED) is 0.731. The number of aromatic nitrogens is 1. The van der Waals surface area contributed by atoms with E-state index in [9.17, 15) is 14.4 Å². The molecular formula is C20H25N5O4S. The molecule has 3 rings (SSSR count). The van der Waals surface area contributed by atoms with Gasteiger partial charge in [-0.25, -0.2) is 9.78 Å². The second-order valence-electron chi connectivity index (χ2n) is 6.72. The number of nitrogens with zero attached hydrogens (tertiary/aromatic N) is 3. The Labute approximate surface area is 179 Å². The lowest BCUT2D eigenvalue weighted by Gasteiger charge is -2.33. The number of thiazole rings is 1. The summed E-state index contributed by atoms with van der Waals surface area (Å²) in [5.74, 6) is 0.414. The van der Waals surface area contributed by atoms with Gasteiger partial charge >= 0.3 is 6.03 Å². The maximum atomic E-state index is 12.4. The molecule has 2 heterocycles. The van der Waals surface area contributed by atoms with E-state index in [0.29, 0.717) is 55.0 Å². The number of para-hydroxylation sites is 2. The summed E-state index contributed by atoms with van der Waals surface area (Å²) in [6.45, 7) is 5.91. The van der Waals surface area contributed by atoms with Crippen molar-refractivity contribution in [2.45, 2.75) is 20.3 Å². The van der Waals surface area contributed by atoms with Gasteiger partial charge in [-0.15, -0.1) is 11.3 Å². The van der Waals surface area contributed by atoms with Crippen molar-refractivity contribution in [1.29, 1.82) is 0 Å². The molecule has 1 aromatic carbocycles. The number of hydrogen-bond donors (Lipinski definition) is 2. The van der Waals surface area contributed by atoms with Gasteiger partial charge in [-0.1, -0.05) is 12.1 Å². The molecule has 1 aliphatic rings. The lowest BCUT2D eigenvalue weighted by atomic mass is 10.2. The lowest BCUT2D eigenvalue weighted by molar-refractivity contribution is -0.130. The number of carbonyl (C=O) groups is 3. The molecule has 1 aromatic heterocycles. The van der Waals surface area contributed by atoms with Crippen molar-refractivity contribution in [3.05, 3.63) is 35.3 Å². The van der Waals surface area contributed by atoms with Crippen molar-refractivity contribution in [3.63, 3.8) is 0 Å². The van der Waals surface area contributed by atoms with Gasteiger partial charge in [-0.2, -0.15) is 0 Å². The molecule has 4 amide bonds. The minimum Gasteiger partial charge on any atom is -0.492 e. The Morgan fingerprint density at radius 2 is 1.80 bits per heavy atom.